The maximum atomic E-state index is 8.92. The topological polar surface area (TPSA) is 56.1 Å². The first-order valence-corrected chi connectivity index (χ1v) is 7.00. The van der Waals surface area contributed by atoms with E-state index in [1.54, 1.807) is 23.6 Å². The Bertz CT molecular complexity index is 581. The molecule has 0 aromatic carbocycles. The molecule has 5 nitrogen and oxygen atoms in total. The first-order chi connectivity index (χ1) is 9.36. The SMILES string of the molecule is N#Cc1ccnc(N2CCN(c3nccs3)CC2)c1. The zero-order valence-corrected chi connectivity index (χ0v) is 11.2. The maximum Gasteiger partial charge on any atom is 0.185 e. The number of nitriles is 1. The number of aromatic nitrogens is 2. The van der Waals surface area contributed by atoms with E-state index in [1.165, 1.54) is 0 Å². The average Bonchev–Trinajstić information content (AvgIpc) is 3.02. The lowest BCUT2D eigenvalue weighted by Crippen LogP contribution is -2.46. The minimum atomic E-state index is 0.660. The minimum absolute atomic E-state index is 0.660. The Morgan fingerprint density at radius 2 is 1.89 bits per heavy atom. The van der Waals surface area contributed by atoms with Crippen LogP contribution in [0.3, 0.4) is 0 Å². The van der Waals surface area contributed by atoms with E-state index in [2.05, 4.69) is 25.8 Å². The molecular weight excluding hydrogens is 258 g/mol. The molecule has 0 saturated carbocycles. The third-order valence-electron chi connectivity index (χ3n) is 3.17. The van der Waals surface area contributed by atoms with E-state index in [0.29, 0.717) is 5.56 Å². The van der Waals surface area contributed by atoms with E-state index >= 15 is 0 Å². The minimum Gasteiger partial charge on any atom is -0.353 e. The summed E-state index contributed by atoms with van der Waals surface area (Å²) in [6, 6.07) is 5.73. The van der Waals surface area contributed by atoms with E-state index in [-0.39, 0.29) is 0 Å². The Kier molecular flexibility index (Phi) is 3.29. The van der Waals surface area contributed by atoms with E-state index in [4.69, 9.17) is 5.26 Å². The van der Waals surface area contributed by atoms with Crippen molar-refractivity contribution in [1.29, 1.82) is 5.26 Å². The molecule has 3 heterocycles. The molecule has 96 valence electrons. The Morgan fingerprint density at radius 1 is 1.11 bits per heavy atom. The fourth-order valence-electron chi connectivity index (χ4n) is 2.16. The van der Waals surface area contributed by atoms with Gasteiger partial charge in [-0.15, -0.1) is 11.3 Å². The Labute approximate surface area is 115 Å². The van der Waals surface area contributed by atoms with E-state index in [1.807, 2.05) is 17.6 Å². The van der Waals surface area contributed by atoms with Crippen LogP contribution in [0.5, 0.6) is 0 Å². The molecule has 0 unspecified atom stereocenters. The van der Waals surface area contributed by atoms with Crippen LogP contribution in [0.1, 0.15) is 5.56 Å². The highest BCUT2D eigenvalue weighted by Crippen LogP contribution is 2.21. The van der Waals surface area contributed by atoms with Crippen molar-refractivity contribution in [2.75, 3.05) is 36.0 Å². The molecular formula is C13H13N5S. The number of piperazine rings is 1. The predicted molar refractivity (Wildman–Crippen MR) is 75.5 cm³/mol. The number of hydrogen-bond donors (Lipinski definition) is 0. The molecule has 6 heteroatoms. The van der Waals surface area contributed by atoms with Crippen LogP contribution in [0.2, 0.25) is 0 Å². The fourth-order valence-corrected chi connectivity index (χ4v) is 2.86. The molecule has 0 N–H and O–H groups in total. The predicted octanol–water partition coefficient (Wildman–Crippen LogP) is 1.74. The van der Waals surface area contributed by atoms with Crippen molar-refractivity contribution < 1.29 is 0 Å². The summed E-state index contributed by atoms with van der Waals surface area (Å²) < 4.78 is 0. The molecule has 1 fully saturated rings. The number of hydrogen-bond acceptors (Lipinski definition) is 6. The van der Waals surface area contributed by atoms with Crippen LogP contribution in [-0.2, 0) is 0 Å². The van der Waals surface area contributed by atoms with Gasteiger partial charge in [-0.2, -0.15) is 5.26 Å². The van der Waals surface area contributed by atoms with Gasteiger partial charge in [0, 0.05) is 44.0 Å². The lowest BCUT2D eigenvalue weighted by molar-refractivity contribution is 0.646. The number of thiazole rings is 1. The second-order valence-corrected chi connectivity index (χ2v) is 5.18. The summed E-state index contributed by atoms with van der Waals surface area (Å²) in [4.78, 5) is 13.2. The molecule has 2 aromatic rings. The molecule has 0 amide bonds. The largest absolute Gasteiger partial charge is 0.353 e. The Morgan fingerprint density at radius 3 is 2.58 bits per heavy atom. The summed E-state index contributed by atoms with van der Waals surface area (Å²) in [6.45, 7) is 3.68. The van der Waals surface area contributed by atoms with Gasteiger partial charge in [0.15, 0.2) is 5.13 Å². The summed E-state index contributed by atoms with van der Waals surface area (Å²) in [7, 11) is 0. The standard InChI is InChI=1S/C13H13N5S/c14-10-11-1-2-15-12(9-11)17-4-6-18(7-5-17)13-16-3-8-19-13/h1-3,8-9H,4-7H2. The highest BCUT2D eigenvalue weighted by molar-refractivity contribution is 7.13. The number of rotatable bonds is 2. The third kappa shape index (κ3) is 2.51. The molecule has 0 bridgehead atoms. The Balaban J connectivity index is 1.68. The van der Waals surface area contributed by atoms with Crippen LogP contribution >= 0.6 is 11.3 Å². The molecule has 1 aliphatic rings. The first kappa shape index (κ1) is 11.9. The van der Waals surface area contributed by atoms with E-state index < -0.39 is 0 Å². The van der Waals surface area contributed by atoms with Crippen LogP contribution < -0.4 is 9.80 Å². The fraction of sp³-hybridized carbons (Fsp3) is 0.308. The van der Waals surface area contributed by atoms with Crippen molar-refractivity contribution in [3.63, 3.8) is 0 Å². The van der Waals surface area contributed by atoms with Crippen molar-refractivity contribution in [1.82, 2.24) is 9.97 Å². The second-order valence-electron chi connectivity index (χ2n) is 4.30. The van der Waals surface area contributed by atoms with Crippen LogP contribution in [0.25, 0.3) is 0 Å². The van der Waals surface area contributed by atoms with Gasteiger partial charge in [0.05, 0.1) is 11.6 Å². The average molecular weight is 271 g/mol. The summed E-state index contributed by atoms with van der Waals surface area (Å²) in [5, 5.41) is 12.0. The van der Waals surface area contributed by atoms with Crippen molar-refractivity contribution in [2.24, 2.45) is 0 Å². The first-order valence-electron chi connectivity index (χ1n) is 6.12. The van der Waals surface area contributed by atoms with Gasteiger partial charge in [0.25, 0.3) is 0 Å². The summed E-state index contributed by atoms with van der Waals surface area (Å²) in [5.41, 5.74) is 0.660. The maximum absolute atomic E-state index is 8.92. The lowest BCUT2D eigenvalue weighted by Gasteiger charge is -2.35. The molecule has 0 radical (unpaired) electrons. The monoisotopic (exact) mass is 271 g/mol. The van der Waals surface area contributed by atoms with Crippen LogP contribution in [0.4, 0.5) is 10.9 Å². The van der Waals surface area contributed by atoms with Crippen molar-refractivity contribution in [3.8, 4) is 6.07 Å². The molecule has 0 atom stereocenters. The van der Waals surface area contributed by atoms with Crippen molar-refractivity contribution in [2.45, 2.75) is 0 Å². The van der Waals surface area contributed by atoms with Crippen LogP contribution in [0, 0.1) is 11.3 Å². The molecule has 0 aliphatic carbocycles. The lowest BCUT2D eigenvalue weighted by atomic mass is 10.2. The van der Waals surface area contributed by atoms with Crippen molar-refractivity contribution in [3.05, 3.63) is 35.5 Å². The quantitative estimate of drug-likeness (QED) is 0.832. The van der Waals surface area contributed by atoms with Crippen LogP contribution in [0.15, 0.2) is 29.9 Å². The van der Waals surface area contributed by atoms with E-state index in [9.17, 15) is 0 Å². The third-order valence-corrected chi connectivity index (χ3v) is 4.00. The van der Waals surface area contributed by atoms with Gasteiger partial charge in [0.1, 0.15) is 5.82 Å². The molecule has 0 spiro atoms. The molecule has 1 saturated heterocycles. The normalized spacial score (nSPS) is 15.3. The van der Waals surface area contributed by atoms with Crippen molar-refractivity contribution >= 4 is 22.3 Å². The van der Waals surface area contributed by atoms with E-state index in [0.717, 1.165) is 37.1 Å². The smallest absolute Gasteiger partial charge is 0.185 e. The highest BCUT2D eigenvalue weighted by atomic mass is 32.1. The number of pyridine rings is 1. The molecule has 2 aromatic heterocycles. The van der Waals surface area contributed by atoms with Gasteiger partial charge in [-0.3, -0.25) is 0 Å². The Hall–Kier alpha value is -2.13. The summed E-state index contributed by atoms with van der Waals surface area (Å²) in [5.74, 6) is 0.887. The van der Waals surface area contributed by atoms with Gasteiger partial charge in [-0.25, -0.2) is 9.97 Å². The summed E-state index contributed by atoms with van der Waals surface area (Å²) in [6.07, 6.45) is 3.53. The van der Waals surface area contributed by atoms with Gasteiger partial charge >= 0.3 is 0 Å². The molecule has 19 heavy (non-hydrogen) atoms. The number of nitrogens with zero attached hydrogens (tertiary/aromatic N) is 5. The molecule has 1 aliphatic heterocycles. The van der Waals surface area contributed by atoms with Gasteiger partial charge in [-0.05, 0) is 12.1 Å². The van der Waals surface area contributed by atoms with Gasteiger partial charge in [-0.1, -0.05) is 0 Å². The van der Waals surface area contributed by atoms with Gasteiger partial charge < -0.3 is 9.80 Å². The zero-order valence-electron chi connectivity index (χ0n) is 10.4. The zero-order chi connectivity index (χ0) is 13.1. The second kappa shape index (κ2) is 5.24. The van der Waals surface area contributed by atoms with Crippen LogP contribution in [-0.4, -0.2) is 36.1 Å². The van der Waals surface area contributed by atoms with Gasteiger partial charge in [0.2, 0.25) is 0 Å². The summed E-state index contributed by atoms with van der Waals surface area (Å²) >= 11 is 1.67. The highest BCUT2D eigenvalue weighted by Gasteiger charge is 2.19. The number of anilines is 2. The molecule has 3 rings (SSSR count).